The average molecular weight is 516 g/mol. The molecule has 0 radical (unpaired) electrons. The molecule has 13 heteroatoms. The molecular formula is C23H25N5O7S. The van der Waals surface area contributed by atoms with Crippen LogP contribution >= 0.6 is 11.5 Å². The van der Waals surface area contributed by atoms with Crippen LogP contribution in [0.1, 0.15) is 44.6 Å². The monoisotopic (exact) mass is 515 g/mol. The highest BCUT2D eigenvalue weighted by Crippen LogP contribution is 2.35. The van der Waals surface area contributed by atoms with E-state index < -0.39 is 36.3 Å². The van der Waals surface area contributed by atoms with Crippen LogP contribution in [0.4, 0.5) is 11.4 Å². The van der Waals surface area contributed by atoms with E-state index in [0.717, 1.165) is 4.90 Å². The van der Waals surface area contributed by atoms with Crippen molar-refractivity contribution in [1.82, 2.24) is 9.69 Å². The standard InChI is InChI=1S/C23H25N5O7S/c1-4-34-16(29)11-26-22(31)19(15-9-8-12(2)35-15)28(13-6-5-7-14(10-13)33-3)23(32)20-17(24)18(21(25)30)27-36-20/h5-10,19H,4,11,24H2,1-3H3,(H2,25,30)(H,26,31)/t19-/m1/s1. The number of methoxy groups -OCH3 is 1. The lowest BCUT2D eigenvalue weighted by Gasteiger charge is -2.29. The normalized spacial score (nSPS) is 11.4. The van der Waals surface area contributed by atoms with E-state index in [4.69, 9.17) is 25.4 Å². The molecule has 0 saturated heterocycles. The summed E-state index contributed by atoms with van der Waals surface area (Å²) in [5.74, 6) is -2.04. The summed E-state index contributed by atoms with van der Waals surface area (Å²) in [4.78, 5) is 51.9. The Balaban J connectivity index is 2.15. The number of esters is 1. The van der Waals surface area contributed by atoms with Gasteiger partial charge in [0.15, 0.2) is 11.7 Å². The van der Waals surface area contributed by atoms with Crippen LogP contribution in [0.2, 0.25) is 0 Å². The molecule has 0 bridgehead atoms. The summed E-state index contributed by atoms with van der Waals surface area (Å²) in [7, 11) is 1.45. The van der Waals surface area contributed by atoms with Gasteiger partial charge in [-0.25, -0.2) is 0 Å². The van der Waals surface area contributed by atoms with Gasteiger partial charge in [0.1, 0.15) is 28.7 Å². The van der Waals surface area contributed by atoms with Crippen LogP contribution in [0, 0.1) is 6.92 Å². The van der Waals surface area contributed by atoms with Crippen molar-refractivity contribution in [3.63, 3.8) is 0 Å². The molecule has 2 aromatic heterocycles. The van der Waals surface area contributed by atoms with E-state index in [1.54, 1.807) is 38.1 Å². The van der Waals surface area contributed by atoms with Gasteiger partial charge in [-0.1, -0.05) is 6.07 Å². The largest absolute Gasteiger partial charge is 0.497 e. The predicted molar refractivity (Wildman–Crippen MR) is 131 cm³/mol. The lowest BCUT2D eigenvalue weighted by molar-refractivity contribution is -0.143. The van der Waals surface area contributed by atoms with Gasteiger partial charge in [-0.15, -0.1) is 0 Å². The third-order valence-electron chi connectivity index (χ3n) is 4.96. The van der Waals surface area contributed by atoms with Crippen molar-refractivity contribution in [1.29, 1.82) is 0 Å². The Kier molecular flexibility index (Phi) is 8.27. The number of benzene rings is 1. The maximum atomic E-state index is 13.9. The number of rotatable bonds is 10. The zero-order valence-electron chi connectivity index (χ0n) is 19.8. The topological polar surface area (TPSA) is 180 Å². The maximum Gasteiger partial charge on any atom is 0.325 e. The fourth-order valence-corrected chi connectivity index (χ4v) is 4.07. The van der Waals surface area contributed by atoms with E-state index in [0.29, 0.717) is 23.0 Å². The van der Waals surface area contributed by atoms with Gasteiger partial charge < -0.3 is 30.7 Å². The highest BCUT2D eigenvalue weighted by molar-refractivity contribution is 7.09. The molecular weight excluding hydrogens is 490 g/mol. The van der Waals surface area contributed by atoms with E-state index in [2.05, 4.69) is 9.69 Å². The van der Waals surface area contributed by atoms with Crippen molar-refractivity contribution < 1.29 is 33.1 Å². The molecule has 1 atom stereocenters. The highest BCUT2D eigenvalue weighted by atomic mass is 32.1. The minimum Gasteiger partial charge on any atom is -0.497 e. The molecule has 0 saturated carbocycles. The number of hydrogen-bond donors (Lipinski definition) is 3. The Hall–Kier alpha value is -4.39. The Labute approximate surface area is 210 Å². The fraction of sp³-hybridized carbons (Fsp3) is 0.261. The molecule has 0 aliphatic rings. The number of hydrogen-bond acceptors (Lipinski definition) is 10. The van der Waals surface area contributed by atoms with Gasteiger partial charge in [-0.05, 0) is 49.6 Å². The summed E-state index contributed by atoms with van der Waals surface area (Å²) in [6, 6.07) is 8.17. The summed E-state index contributed by atoms with van der Waals surface area (Å²) in [6.07, 6.45) is 0. The third-order valence-corrected chi connectivity index (χ3v) is 5.81. The fourth-order valence-electron chi connectivity index (χ4n) is 3.32. The minimum atomic E-state index is -1.38. The summed E-state index contributed by atoms with van der Waals surface area (Å²) in [5, 5.41) is 2.48. The molecule has 1 aromatic carbocycles. The summed E-state index contributed by atoms with van der Waals surface area (Å²) >= 11 is 0.665. The van der Waals surface area contributed by atoms with Gasteiger partial charge in [0.05, 0.1) is 19.4 Å². The van der Waals surface area contributed by atoms with Crippen molar-refractivity contribution in [3.8, 4) is 5.75 Å². The zero-order valence-corrected chi connectivity index (χ0v) is 20.6. The van der Waals surface area contributed by atoms with Gasteiger partial charge in [0.2, 0.25) is 0 Å². The SMILES string of the molecule is CCOC(=O)CNC(=O)[C@@H](c1ccc(C)o1)N(C(=O)c1snc(C(N)=O)c1N)c1cccc(OC)c1. The predicted octanol–water partition coefficient (Wildman–Crippen LogP) is 1.80. The Bertz CT molecular complexity index is 1290. The van der Waals surface area contributed by atoms with Crippen molar-refractivity contribution >= 4 is 46.6 Å². The number of carbonyl (C=O) groups excluding carboxylic acids is 4. The molecule has 5 N–H and O–H groups in total. The zero-order chi connectivity index (χ0) is 26.4. The minimum absolute atomic E-state index is 0.113. The first-order valence-electron chi connectivity index (χ1n) is 10.7. The van der Waals surface area contributed by atoms with Crippen LogP contribution in [0.15, 0.2) is 40.8 Å². The molecule has 36 heavy (non-hydrogen) atoms. The first-order valence-corrected chi connectivity index (χ1v) is 11.5. The lowest BCUT2D eigenvalue weighted by atomic mass is 10.1. The van der Waals surface area contributed by atoms with Gasteiger partial charge in [-0.2, -0.15) is 4.37 Å². The van der Waals surface area contributed by atoms with Crippen LogP contribution in [-0.2, 0) is 14.3 Å². The molecule has 3 rings (SSSR count). The van der Waals surface area contributed by atoms with E-state index in [1.807, 2.05) is 0 Å². The number of nitrogens with one attached hydrogen (secondary N) is 1. The van der Waals surface area contributed by atoms with Crippen molar-refractivity contribution in [2.75, 3.05) is 30.9 Å². The average Bonchev–Trinajstić information content (AvgIpc) is 3.46. The number of anilines is 2. The molecule has 190 valence electrons. The number of primary amides is 1. The van der Waals surface area contributed by atoms with Crippen molar-refractivity contribution in [2.24, 2.45) is 5.73 Å². The first-order chi connectivity index (χ1) is 17.2. The molecule has 0 aliphatic carbocycles. The van der Waals surface area contributed by atoms with Crippen LogP contribution in [0.25, 0.3) is 0 Å². The number of nitrogen functional groups attached to an aromatic ring is 1. The molecule has 0 aliphatic heterocycles. The van der Waals surface area contributed by atoms with Crippen LogP contribution < -0.4 is 26.4 Å². The van der Waals surface area contributed by atoms with E-state index in [9.17, 15) is 19.2 Å². The van der Waals surface area contributed by atoms with E-state index in [1.165, 1.54) is 19.2 Å². The van der Waals surface area contributed by atoms with Gasteiger partial charge >= 0.3 is 5.97 Å². The second kappa shape index (κ2) is 11.4. The van der Waals surface area contributed by atoms with Gasteiger partial charge in [0, 0.05) is 11.8 Å². The van der Waals surface area contributed by atoms with Crippen LogP contribution in [0.3, 0.4) is 0 Å². The molecule has 0 fully saturated rings. The van der Waals surface area contributed by atoms with Gasteiger partial charge in [0.25, 0.3) is 17.7 Å². The molecule has 2 heterocycles. The number of ether oxygens (including phenoxy) is 2. The molecule has 3 amide bonds. The number of nitrogens with two attached hydrogens (primary N) is 2. The van der Waals surface area contributed by atoms with E-state index >= 15 is 0 Å². The first kappa shape index (κ1) is 26.2. The lowest BCUT2D eigenvalue weighted by Crippen LogP contribution is -2.45. The number of amides is 3. The summed E-state index contributed by atoms with van der Waals surface area (Å²) in [5.41, 5.74) is 11.1. The number of aryl methyl sites for hydroxylation is 1. The number of nitrogens with zero attached hydrogens (tertiary/aromatic N) is 2. The summed E-state index contributed by atoms with van der Waals surface area (Å²) < 4.78 is 19.8. The quantitative estimate of drug-likeness (QED) is 0.339. The smallest absolute Gasteiger partial charge is 0.325 e. The second-order valence-electron chi connectivity index (χ2n) is 7.39. The molecule has 12 nitrogen and oxygen atoms in total. The number of furan rings is 1. The Morgan fingerprint density at radius 2 is 1.97 bits per heavy atom. The highest BCUT2D eigenvalue weighted by Gasteiger charge is 2.38. The van der Waals surface area contributed by atoms with Gasteiger partial charge in [-0.3, -0.25) is 24.1 Å². The third kappa shape index (κ3) is 5.63. The van der Waals surface area contributed by atoms with Crippen LogP contribution in [-0.4, -0.2) is 48.3 Å². The van der Waals surface area contributed by atoms with Crippen molar-refractivity contribution in [3.05, 3.63) is 58.5 Å². The number of aromatic nitrogens is 1. The van der Waals surface area contributed by atoms with Crippen molar-refractivity contribution in [2.45, 2.75) is 19.9 Å². The number of carbonyl (C=O) groups is 4. The molecule has 3 aromatic rings. The maximum absolute atomic E-state index is 13.9. The van der Waals surface area contributed by atoms with E-state index in [-0.39, 0.29) is 34.3 Å². The second-order valence-corrected chi connectivity index (χ2v) is 8.16. The molecule has 0 unspecified atom stereocenters. The Morgan fingerprint density at radius 3 is 2.56 bits per heavy atom. The molecule has 0 spiro atoms. The Morgan fingerprint density at radius 1 is 1.22 bits per heavy atom. The van der Waals surface area contributed by atoms with Crippen LogP contribution in [0.5, 0.6) is 5.75 Å². The summed E-state index contributed by atoms with van der Waals surface area (Å²) in [6.45, 7) is 3.01.